The second kappa shape index (κ2) is 8.36. The monoisotopic (exact) mass is 471 g/mol. The molecule has 3 heterocycles. The molecule has 0 saturated heterocycles. The number of amides is 1. The van der Waals surface area contributed by atoms with E-state index in [9.17, 15) is 22.8 Å². The van der Waals surface area contributed by atoms with Crippen LogP contribution in [0.4, 0.5) is 5.69 Å². The summed E-state index contributed by atoms with van der Waals surface area (Å²) in [5, 5.41) is 2.66. The average Bonchev–Trinajstić information content (AvgIpc) is 2.77. The van der Waals surface area contributed by atoms with Gasteiger partial charge < -0.3 is 5.32 Å². The molecule has 0 aliphatic rings. The first-order valence-corrected chi connectivity index (χ1v) is 10.9. The van der Waals surface area contributed by atoms with Crippen LogP contribution in [0.5, 0.6) is 0 Å². The first-order valence-electron chi connectivity index (χ1n) is 9.09. The van der Waals surface area contributed by atoms with Gasteiger partial charge in [0.05, 0.1) is 22.8 Å². The zero-order valence-corrected chi connectivity index (χ0v) is 17.7. The SMILES string of the molecule is O=C(Cn1c(=O)n(S(=O)(=O)c2cccnc2)c(=O)c2ccc(Cl)cc21)Nc1cccnc1. The van der Waals surface area contributed by atoms with Crippen LogP contribution < -0.4 is 16.6 Å². The highest BCUT2D eigenvalue weighted by atomic mass is 35.5. The van der Waals surface area contributed by atoms with Gasteiger partial charge in [-0.2, -0.15) is 0 Å². The zero-order chi connectivity index (χ0) is 22.9. The Kier molecular flexibility index (Phi) is 5.59. The Morgan fingerprint density at radius 3 is 2.41 bits per heavy atom. The molecule has 0 aliphatic carbocycles. The summed E-state index contributed by atoms with van der Waals surface area (Å²) in [5.41, 5.74) is -1.87. The summed E-state index contributed by atoms with van der Waals surface area (Å²) in [6.45, 7) is -0.576. The second-order valence-corrected chi connectivity index (χ2v) is 8.81. The largest absolute Gasteiger partial charge is 0.346 e. The molecule has 0 saturated carbocycles. The van der Waals surface area contributed by atoms with Crippen molar-refractivity contribution < 1.29 is 13.2 Å². The standard InChI is InChI=1S/C20H14ClN5O5S/c21-13-5-6-16-17(9-13)25(12-18(27)24-14-3-1-7-22-10-14)20(29)26(19(16)28)32(30,31)15-4-2-8-23-11-15/h1-11H,12H2,(H,24,27). The van der Waals surface area contributed by atoms with Crippen molar-refractivity contribution in [2.45, 2.75) is 11.4 Å². The van der Waals surface area contributed by atoms with E-state index in [2.05, 4.69) is 15.3 Å². The molecule has 4 aromatic rings. The molecular formula is C20H14ClN5O5S. The number of carbonyl (C=O) groups is 1. The molecule has 1 amide bonds. The third kappa shape index (κ3) is 3.90. The van der Waals surface area contributed by atoms with Crippen LogP contribution in [0, 0.1) is 0 Å². The maximum absolute atomic E-state index is 13.2. The van der Waals surface area contributed by atoms with Gasteiger partial charge >= 0.3 is 5.69 Å². The molecule has 0 fully saturated rings. The number of benzene rings is 1. The molecule has 162 valence electrons. The fraction of sp³-hybridized carbons (Fsp3) is 0.0500. The molecule has 0 spiro atoms. The molecule has 0 radical (unpaired) electrons. The molecule has 1 N–H and O–H groups in total. The highest BCUT2D eigenvalue weighted by Crippen LogP contribution is 2.17. The minimum absolute atomic E-state index is 0.0199. The second-order valence-electron chi connectivity index (χ2n) is 6.58. The highest BCUT2D eigenvalue weighted by Gasteiger charge is 2.26. The van der Waals surface area contributed by atoms with Crippen LogP contribution in [0.25, 0.3) is 10.9 Å². The lowest BCUT2D eigenvalue weighted by molar-refractivity contribution is -0.116. The van der Waals surface area contributed by atoms with Crippen molar-refractivity contribution in [2.24, 2.45) is 0 Å². The van der Waals surface area contributed by atoms with Crippen molar-refractivity contribution in [3.8, 4) is 0 Å². The fourth-order valence-electron chi connectivity index (χ4n) is 3.07. The summed E-state index contributed by atoms with van der Waals surface area (Å²) < 4.78 is 27.2. The molecule has 1 aromatic carbocycles. The molecule has 0 unspecified atom stereocenters. The summed E-state index contributed by atoms with van der Waals surface area (Å²) in [6, 6.07) is 9.77. The first-order chi connectivity index (χ1) is 15.3. The molecule has 4 rings (SSSR count). The van der Waals surface area contributed by atoms with Crippen LogP contribution in [0.2, 0.25) is 5.02 Å². The Morgan fingerprint density at radius 1 is 1.03 bits per heavy atom. The minimum atomic E-state index is -4.59. The van der Waals surface area contributed by atoms with Crippen LogP contribution in [-0.2, 0) is 21.4 Å². The van der Waals surface area contributed by atoms with Crippen LogP contribution in [0.1, 0.15) is 0 Å². The van der Waals surface area contributed by atoms with E-state index in [0.29, 0.717) is 5.69 Å². The van der Waals surface area contributed by atoms with E-state index >= 15 is 0 Å². The highest BCUT2D eigenvalue weighted by molar-refractivity contribution is 7.89. The van der Waals surface area contributed by atoms with Crippen molar-refractivity contribution in [3.05, 3.63) is 93.1 Å². The Bertz CT molecular complexity index is 1550. The first kappa shape index (κ1) is 21.4. The Balaban J connectivity index is 1.92. The number of hydrogen-bond acceptors (Lipinski definition) is 7. The van der Waals surface area contributed by atoms with Gasteiger partial charge in [0.15, 0.2) is 0 Å². The zero-order valence-electron chi connectivity index (χ0n) is 16.2. The van der Waals surface area contributed by atoms with E-state index in [1.165, 1.54) is 48.9 Å². The predicted molar refractivity (Wildman–Crippen MR) is 117 cm³/mol. The summed E-state index contributed by atoms with van der Waals surface area (Å²) >= 11 is 6.03. The molecular weight excluding hydrogens is 458 g/mol. The molecule has 12 heteroatoms. The van der Waals surface area contributed by atoms with Gasteiger partial charge in [-0.25, -0.2) is 13.2 Å². The number of hydrogen-bond donors (Lipinski definition) is 1. The van der Waals surface area contributed by atoms with Gasteiger partial charge in [-0.3, -0.25) is 24.1 Å². The van der Waals surface area contributed by atoms with Crippen LogP contribution in [0.3, 0.4) is 0 Å². The predicted octanol–water partition coefficient (Wildman–Crippen LogP) is 1.48. The van der Waals surface area contributed by atoms with Gasteiger partial charge in [0.1, 0.15) is 11.4 Å². The Hall–Kier alpha value is -3.83. The number of anilines is 1. The number of aromatic nitrogens is 4. The molecule has 32 heavy (non-hydrogen) atoms. The number of carbonyl (C=O) groups excluding carboxylic acids is 1. The fourth-order valence-corrected chi connectivity index (χ4v) is 4.51. The van der Waals surface area contributed by atoms with E-state index in [0.717, 1.165) is 10.8 Å². The van der Waals surface area contributed by atoms with Crippen molar-refractivity contribution in [1.29, 1.82) is 0 Å². The third-order valence-corrected chi connectivity index (χ3v) is 6.36. The summed E-state index contributed by atoms with van der Waals surface area (Å²) in [7, 11) is -4.59. The number of rotatable bonds is 5. The lowest BCUT2D eigenvalue weighted by Gasteiger charge is -2.14. The van der Waals surface area contributed by atoms with E-state index < -0.39 is 33.7 Å². The third-order valence-electron chi connectivity index (χ3n) is 4.49. The van der Waals surface area contributed by atoms with Gasteiger partial charge in [-0.05, 0) is 42.5 Å². The molecule has 10 nitrogen and oxygen atoms in total. The number of halogens is 1. The van der Waals surface area contributed by atoms with Gasteiger partial charge in [0.2, 0.25) is 5.91 Å². The van der Waals surface area contributed by atoms with Crippen LogP contribution in [-0.4, -0.2) is 32.8 Å². The van der Waals surface area contributed by atoms with E-state index in [-0.39, 0.29) is 24.8 Å². The van der Waals surface area contributed by atoms with Crippen LogP contribution >= 0.6 is 11.6 Å². The quantitative estimate of drug-likeness (QED) is 0.466. The summed E-state index contributed by atoms with van der Waals surface area (Å²) in [5.74, 6) is -0.634. The smallest absolute Gasteiger partial charge is 0.323 e. The van der Waals surface area contributed by atoms with Crippen molar-refractivity contribution in [3.63, 3.8) is 0 Å². The number of fused-ring (bicyclic) bond motifs is 1. The van der Waals surface area contributed by atoms with Crippen molar-refractivity contribution >= 4 is 44.1 Å². The van der Waals surface area contributed by atoms with E-state index in [1.807, 2.05) is 0 Å². The number of nitrogens with zero attached hydrogens (tertiary/aromatic N) is 4. The summed E-state index contributed by atoms with van der Waals surface area (Å²) in [4.78, 5) is 46.1. The molecule has 0 aliphatic heterocycles. The van der Waals surface area contributed by atoms with Crippen molar-refractivity contribution in [2.75, 3.05) is 5.32 Å². The molecule has 0 bridgehead atoms. The molecule has 3 aromatic heterocycles. The number of pyridine rings is 2. The van der Waals surface area contributed by atoms with Gasteiger partial charge in [0.25, 0.3) is 15.6 Å². The Labute approximate surface area is 185 Å². The maximum atomic E-state index is 13.2. The average molecular weight is 472 g/mol. The molecule has 0 atom stereocenters. The minimum Gasteiger partial charge on any atom is -0.323 e. The van der Waals surface area contributed by atoms with Gasteiger partial charge in [-0.15, -0.1) is 3.97 Å². The van der Waals surface area contributed by atoms with Crippen LogP contribution in [0.15, 0.2) is 81.7 Å². The lowest BCUT2D eigenvalue weighted by Crippen LogP contribution is -2.45. The van der Waals surface area contributed by atoms with E-state index in [4.69, 9.17) is 11.6 Å². The van der Waals surface area contributed by atoms with Gasteiger partial charge in [0, 0.05) is 23.6 Å². The van der Waals surface area contributed by atoms with Crippen molar-refractivity contribution in [1.82, 2.24) is 18.5 Å². The number of nitrogens with one attached hydrogen (secondary N) is 1. The van der Waals surface area contributed by atoms with E-state index in [1.54, 1.807) is 12.1 Å². The normalized spacial score (nSPS) is 11.4. The Morgan fingerprint density at radius 2 is 1.75 bits per heavy atom. The summed E-state index contributed by atoms with van der Waals surface area (Å²) in [6.07, 6.45) is 5.30. The lowest BCUT2D eigenvalue weighted by atomic mass is 10.2. The van der Waals surface area contributed by atoms with Gasteiger partial charge in [-0.1, -0.05) is 11.6 Å². The topological polar surface area (TPSA) is 133 Å². The maximum Gasteiger partial charge on any atom is 0.346 e.